The predicted molar refractivity (Wildman–Crippen MR) is 74.7 cm³/mol. The van der Waals surface area contributed by atoms with E-state index in [1.54, 1.807) is 12.1 Å². The highest BCUT2D eigenvalue weighted by Crippen LogP contribution is 2.21. The van der Waals surface area contributed by atoms with Crippen molar-refractivity contribution < 1.29 is 4.39 Å². The third kappa shape index (κ3) is 5.64. The van der Waals surface area contributed by atoms with Crippen molar-refractivity contribution in [1.82, 2.24) is 5.32 Å². The molecule has 1 rings (SSSR count). The van der Waals surface area contributed by atoms with Crippen LogP contribution in [-0.2, 0) is 6.42 Å². The average Bonchev–Trinajstić information content (AvgIpc) is 2.29. The van der Waals surface area contributed by atoms with Gasteiger partial charge in [0, 0.05) is 4.47 Å². The Balaban J connectivity index is 2.39. The molecule has 0 spiro atoms. The van der Waals surface area contributed by atoms with Gasteiger partial charge in [0.2, 0.25) is 0 Å². The summed E-state index contributed by atoms with van der Waals surface area (Å²) in [6.07, 6.45) is 3.22. The first-order valence-electron chi connectivity index (χ1n) is 6.28. The molecule has 17 heavy (non-hydrogen) atoms. The first-order chi connectivity index (χ1) is 8.13. The van der Waals surface area contributed by atoms with Gasteiger partial charge < -0.3 is 5.32 Å². The molecule has 0 aliphatic rings. The number of rotatable bonds is 7. The standard InChI is InChI=1S/C14H21BrFN/c1-3-7-17-8-6-11(2)9-12-10-13(16)4-5-14(12)15/h4-5,10-11,17H,3,6-9H2,1-2H3. The maximum absolute atomic E-state index is 13.1. The van der Waals surface area contributed by atoms with E-state index < -0.39 is 0 Å². The first kappa shape index (κ1) is 14.7. The summed E-state index contributed by atoms with van der Waals surface area (Å²) in [6.45, 7) is 6.50. The van der Waals surface area contributed by atoms with Crippen LogP contribution in [0, 0.1) is 11.7 Å². The minimum absolute atomic E-state index is 0.153. The molecule has 1 unspecified atom stereocenters. The van der Waals surface area contributed by atoms with Crippen LogP contribution in [-0.4, -0.2) is 13.1 Å². The average molecular weight is 302 g/mol. The van der Waals surface area contributed by atoms with E-state index in [2.05, 4.69) is 35.1 Å². The highest BCUT2D eigenvalue weighted by molar-refractivity contribution is 9.10. The number of halogens is 2. The van der Waals surface area contributed by atoms with Gasteiger partial charge in [-0.3, -0.25) is 0 Å². The molecular formula is C14H21BrFN. The van der Waals surface area contributed by atoms with E-state index in [-0.39, 0.29) is 5.82 Å². The Labute approximate surface area is 112 Å². The molecule has 0 aliphatic carbocycles. The number of hydrogen-bond acceptors (Lipinski definition) is 1. The van der Waals surface area contributed by atoms with E-state index in [1.807, 2.05) is 0 Å². The summed E-state index contributed by atoms with van der Waals surface area (Å²) >= 11 is 3.47. The van der Waals surface area contributed by atoms with Gasteiger partial charge in [-0.1, -0.05) is 29.8 Å². The summed E-state index contributed by atoms with van der Waals surface area (Å²) in [4.78, 5) is 0. The summed E-state index contributed by atoms with van der Waals surface area (Å²) in [5, 5.41) is 3.39. The molecule has 96 valence electrons. The monoisotopic (exact) mass is 301 g/mol. The van der Waals surface area contributed by atoms with Crippen molar-refractivity contribution >= 4 is 15.9 Å². The number of hydrogen-bond donors (Lipinski definition) is 1. The molecule has 3 heteroatoms. The van der Waals surface area contributed by atoms with E-state index in [0.717, 1.165) is 36.0 Å². The molecule has 0 heterocycles. The maximum atomic E-state index is 13.1. The molecule has 0 fully saturated rings. The van der Waals surface area contributed by atoms with Crippen LogP contribution in [0.15, 0.2) is 22.7 Å². The molecule has 0 aromatic heterocycles. The number of benzene rings is 1. The van der Waals surface area contributed by atoms with E-state index in [1.165, 1.54) is 12.5 Å². The molecule has 1 N–H and O–H groups in total. The zero-order valence-corrected chi connectivity index (χ0v) is 12.2. The normalized spacial score (nSPS) is 12.7. The lowest BCUT2D eigenvalue weighted by molar-refractivity contribution is 0.496. The Kier molecular flexibility index (Phi) is 6.75. The largest absolute Gasteiger partial charge is 0.317 e. The third-order valence-corrected chi connectivity index (χ3v) is 3.59. The van der Waals surface area contributed by atoms with E-state index in [4.69, 9.17) is 0 Å². The smallest absolute Gasteiger partial charge is 0.123 e. The van der Waals surface area contributed by atoms with Crippen LogP contribution >= 0.6 is 15.9 Å². The summed E-state index contributed by atoms with van der Waals surface area (Å²) in [6, 6.07) is 4.90. The Morgan fingerprint density at radius 1 is 1.35 bits per heavy atom. The summed E-state index contributed by atoms with van der Waals surface area (Å²) in [5.74, 6) is 0.414. The second kappa shape index (κ2) is 7.83. The van der Waals surface area contributed by atoms with Crippen molar-refractivity contribution in [2.45, 2.75) is 33.1 Å². The van der Waals surface area contributed by atoms with Gasteiger partial charge in [-0.25, -0.2) is 4.39 Å². The van der Waals surface area contributed by atoms with Crippen molar-refractivity contribution in [1.29, 1.82) is 0 Å². The second-order valence-electron chi connectivity index (χ2n) is 4.58. The van der Waals surface area contributed by atoms with Crippen molar-refractivity contribution in [3.8, 4) is 0 Å². The highest BCUT2D eigenvalue weighted by Gasteiger charge is 2.07. The van der Waals surface area contributed by atoms with Crippen LogP contribution in [0.25, 0.3) is 0 Å². The minimum Gasteiger partial charge on any atom is -0.317 e. The topological polar surface area (TPSA) is 12.0 Å². The molecule has 0 radical (unpaired) electrons. The van der Waals surface area contributed by atoms with Crippen molar-refractivity contribution in [2.75, 3.05) is 13.1 Å². The van der Waals surface area contributed by atoms with Crippen LogP contribution in [0.2, 0.25) is 0 Å². The van der Waals surface area contributed by atoms with Gasteiger partial charge in [0.05, 0.1) is 0 Å². The third-order valence-electron chi connectivity index (χ3n) is 2.82. The summed E-state index contributed by atoms with van der Waals surface area (Å²) < 4.78 is 14.1. The first-order valence-corrected chi connectivity index (χ1v) is 7.07. The van der Waals surface area contributed by atoms with Gasteiger partial charge in [-0.15, -0.1) is 0 Å². The Bertz CT molecular complexity index is 341. The molecule has 0 amide bonds. The lowest BCUT2D eigenvalue weighted by Crippen LogP contribution is -2.18. The molecule has 1 aromatic carbocycles. The fourth-order valence-corrected chi connectivity index (χ4v) is 2.24. The lowest BCUT2D eigenvalue weighted by Gasteiger charge is -2.13. The lowest BCUT2D eigenvalue weighted by atomic mass is 9.98. The van der Waals surface area contributed by atoms with Crippen LogP contribution in [0.4, 0.5) is 4.39 Å². The fraction of sp³-hybridized carbons (Fsp3) is 0.571. The minimum atomic E-state index is -0.153. The molecular weight excluding hydrogens is 281 g/mol. The second-order valence-corrected chi connectivity index (χ2v) is 5.44. The predicted octanol–water partition coefficient (Wildman–Crippen LogP) is 4.16. The van der Waals surface area contributed by atoms with Crippen molar-refractivity contribution in [3.63, 3.8) is 0 Å². The molecule has 0 aliphatic heterocycles. The van der Waals surface area contributed by atoms with Crippen LogP contribution < -0.4 is 5.32 Å². The molecule has 0 saturated heterocycles. The quantitative estimate of drug-likeness (QED) is 0.746. The molecule has 1 aromatic rings. The van der Waals surface area contributed by atoms with Gasteiger partial charge >= 0.3 is 0 Å². The van der Waals surface area contributed by atoms with Gasteiger partial charge in [0.15, 0.2) is 0 Å². The number of nitrogens with one attached hydrogen (secondary N) is 1. The van der Waals surface area contributed by atoms with Crippen LogP contribution in [0.1, 0.15) is 32.3 Å². The molecule has 0 bridgehead atoms. The summed E-state index contributed by atoms with van der Waals surface area (Å²) in [5.41, 5.74) is 1.06. The zero-order chi connectivity index (χ0) is 12.7. The van der Waals surface area contributed by atoms with E-state index >= 15 is 0 Å². The zero-order valence-electron chi connectivity index (χ0n) is 10.6. The van der Waals surface area contributed by atoms with Crippen molar-refractivity contribution in [3.05, 3.63) is 34.1 Å². The maximum Gasteiger partial charge on any atom is 0.123 e. The fourth-order valence-electron chi connectivity index (χ4n) is 1.83. The Morgan fingerprint density at radius 2 is 2.12 bits per heavy atom. The van der Waals surface area contributed by atoms with Gasteiger partial charge in [-0.05, 0) is 62.0 Å². The van der Waals surface area contributed by atoms with E-state index in [9.17, 15) is 4.39 Å². The van der Waals surface area contributed by atoms with Crippen LogP contribution in [0.3, 0.4) is 0 Å². The van der Waals surface area contributed by atoms with Crippen molar-refractivity contribution in [2.24, 2.45) is 5.92 Å². The van der Waals surface area contributed by atoms with Crippen LogP contribution in [0.5, 0.6) is 0 Å². The molecule has 1 nitrogen and oxygen atoms in total. The highest BCUT2D eigenvalue weighted by atomic mass is 79.9. The van der Waals surface area contributed by atoms with Gasteiger partial charge in [0.1, 0.15) is 5.82 Å². The Hall–Kier alpha value is -0.410. The van der Waals surface area contributed by atoms with Gasteiger partial charge in [-0.2, -0.15) is 0 Å². The molecule has 0 saturated carbocycles. The Morgan fingerprint density at radius 3 is 2.82 bits per heavy atom. The van der Waals surface area contributed by atoms with Gasteiger partial charge in [0.25, 0.3) is 0 Å². The van der Waals surface area contributed by atoms with E-state index in [0.29, 0.717) is 5.92 Å². The summed E-state index contributed by atoms with van der Waals surface area (Å²) in [7, 11) is 0. The SMILES string of the molecule is CCCNCCC(C)Cc1cc(F)ccc1Br. The molecule has 1 atom stereocenters.